The normalized spacial score (nSPS) is 28.3. The van der Waals surface area contributed by atoms with Crippen LogP contribution in [-0.2, 0) is 19.1 Å². The van der Waals surface area contributed by atoms with Crippen molar-refractivity contribution in [2.24, 2.45) is 5.92 Å². The Balaban J connectivity index is 1.40. The highest BCUT2D eigenvalue weighted by Gasteiger charge is 2.50. The SMILES string of the molecule is O=C(O)[C@H]1O[C@@H](O[C@@H](CC[C@H]2C(=O)N(c3ccc(F)cc3)[C@@H]2c2ccc(O)cc2)c2ccc(F)cc2)[C@@H](O)[C@@H](O)[C@@H]1O. The summed E-state index contributed by atoms with van der Waals surface area (Å²) in [6, 6.07) is 16.5. The number of aliphatic carboxylic acids is 1. The van der Waals surface area contributed by atoms with Crippen molar-refractivity contribution in [3.05, 3.63) is 95.6 Å². The monoisotopic (exact) mass is 585 g/mol. The van der Waals surface area contributed by atoms with Crippen LogP contribution in [0.3, 0.4) is 0 Å². The van der Waals surface area contributed by atoms with E-state index in [1.807, 2.05) is 0 Å². The Labute approximate surface area is 239 Å². The van der Waals surface area contributed by atoms with E-state index in [9.17, 15) is 43.9 Å². The molecule has 1 amide bonds. The molecular weight excluding hydrogens is 556 g/mol. The van der Waals surface area contributed by atoms with Crippen LogP contribution in [0.1, 0.15) is 36.1 Å². The van der Waals surface area contributed by atoms with E-state index in [2.05, 4.69) is 0 Å². The number of hydrogen-bond acceptors (Lipinski definition) is 8. The zero-order valence-electron chi connectivity index (χ0n) is 22.0. The fourth-order valence-corrected chi connectivity index (χ4v) is 5.42. The minimum Gasteiger partial charge on any atom is -0.508 e. The minimum atomic E-state index is -1.90. The minimum absolute atomic E-state index is 0.0390. The van der Waals surface area contributed by atoms with Crippen LogP contribution < -0.4 is 4.90 Å². The number of halogens is 2. The lowest BCUT2D eigenvalue weighted by molar-refractivity contribution is -0.306. The number of anilines is 1. The summed E-state index contributed by atoms with van der Waals surface area (Å²) in [7, 11) is 0. The largest absolute Gasteiger partial charge is 0.508 e. The van der Waals surface area contributed by atoms with Crippen LogP contribution in [0.25, 0.3) is 0 Å². The second-order valence-electron chi connectivity index (χ2n) is 10.3. The standard InChI is InChI=1S/C30H29F2NO9/c31-17-5-1-15(2-6-17)22(41-30-26(37)24(35)25(36)27(42-30)29(39)40)14-13-21-23(16-3-11-20(34)12-4-16)33(28(21)38)19-9-7-18(32)8-10-19/h1-12,21-27,30,34-37H,13-14H2,(H,39,40)/t21-,22+,23-,24+,25+,26+,27+,30-/m1/s1. The number of phenolic OH excluding ortho intramolecular Hbond substituents is 1. The van der Waals surface area contributed by atoms with Crippen molar-refractivity contribution >= 4 is 17.6 Å². The number of carboxylic acid groups (broad SMARTS) is 1. The topological polar surface area (TPSA) is 157 Å². The van der Waals surface area contributed by atoms with Crippen molar-refractivity contribution in [2.75, 3.05) is 4.90 Å². The van der Waals surface area contributed by atoms with Gasteiger partial charge in [-0.1, -0.05) is 24.3 Å². The lowest BCUT2D eigenvalue weighted by Gasteiger charge is -2.48. The molecule has 2 aliphatic heterocycles. The molecule has 222 valence electrons. The molecule has 5 rings (SSSR count). The number of nitrogens with zero attached hydrogens (tertiary/aromatic N) is 1. The van der Waals surface area contributed by atoms with Gasteiger partial charge in [-0.3, -0.25) is 4.79 Å². The zero-order chi connectivity index (χ0) is 30.1. The molecule has 5 N–H and O–H groups in total. The highest BCUT2D eigenvalue weighted by molar-refractivity contribution is 6.03. The van der Waals surface area contributed by atoms with Gasteiger partial charge in [0.15, 0.2) is 12.4 Å². The van der Waals surface area contributed by atoms with Crippen LogP contribution in [0.2, 0.25) is 0 Å². The summed E-state index contributed by atoms with van der Waals surface area (Å²) in [5, 5.41) is 49.9. The van der Waals surface area contributed by atoms with E-state index in [-0.39, 0.29) is 24.5 Å². The molecule has 2 aliphatic rings. The van der Waals surface area contributed by atoms with Gasteiger partial charge in [0, 0.05) is 5.69 Å². The number of aliphatic hydroxyl groups is 3. The maximum absolute atomic E-state index is 13.7. The highest BCUT2D eigenvalue weighted by Crippen LogP contribution is 2.47. The molecule has 3 aromatic carbocycles. The van der Waals surface area contributed by atoms with E-state index in [0.717, 1.165) is 0 Å². The fourth-order valence-electron chi connectivity index (χ4n) is 5.42. The van der Waals surface area contributed by atoms with Crippen molar-refractivity contribution < 1.29 is 53.4 Å². The Morgan fingerprint density at radius 2 is 1.48 bits per heavy atom. The van der Waals surface area contributed by atoms with E-state index >= 15 is 0 Å². The third kappa shape index (κ3) is 5.85. The number of carboxylic acids is 1. The van der Waals surface area contributed by atoms with Crippen LogP contribution in [0.4, 0.5) is 14.5 Å². The van der Waals surface area contributed by atoms with Crippen LogP contribution in [0.5, 0.6) is 5.75 Å². The summed E-state index contributed by atoms with van der Waals surface area (Å²) in [5.41, 5.74) is 1.63. The van der Waals surface area contributed by atoms with Crippen LogP contribution >= 0.6 is 0 Å². The first kappa shape index (κ1) is 29.5. The van der Waals surface area contributed by atoms with Crippen molar-refractivity contribution in [2.45, 2.75) is 55.7 Å². The number of phenols is 1. The van der Waals surface area contributed by atoms with Crippen LogP contribution in [0, 0.1) is 17.6 Å². The molecule has 0 spiro atoms. The summed E-state index contributed by atoms with van der Waals surface area (Å²) in [5.74, 6) is -3.36. The number of amides is 1. The van der Waals surface area contributed by atoms with Crippen molar-refractivity contribution in [1.29, 1.82) is 0 Å². The van der Waals surface area contributed by atoms with Gasteiger partial charge in [-0.05, 0) is 72.5 Å². The third-order valence-corrected chi connectivity index (χ3v) is 7.65. The molecule has 2 fully saturated rings. The number of rotatable bonds is 9. The molecule has 2 heterocycles. The molecule has 12 heteroatoms. The second-order valence-corrected chi connectivity index (χ2v) is 10.3. The molecule has 10 nitrogen and oxygen atoms in total. The smallest absolute Gasteiger partial charge is 0.335 e. The number of aliphatic hydroxyl groups excluding tert-OH is 3. The fraction of sp³-hybridized carbons (Fsp3) is 0.333. The average Bonchev–Trinajstić information content (AvgIpc) is 2.97. The second kappa shape index (κ2) is 12.1. The summed E-state index contributed by atoms with van der Waals surface area (Å²) in [6.07, 6.45) is -9.75. The van der Waals surface area contributed by atoms with E-state index in [0.29, 0.717) is 16.8 Å². The lowest BCUT2D eigenvalue weighted by atomic mass is 9.78. The van der Waals surface area contributed by atoms with Crippen LogP contribution in [-0.4, -0.2) is 68.1 Å². The van der Waals surface area contributed by atoms with E-state index in [4.69, 9.17) is 9.47 Å². The van der Waals surface area contributed by atoms with Gasteiger partial charge >= 0.3 is 5.97 Å². The molecule has 8 atom stereocenters. The molecular formula is C30H29F2NO9. The van der Waals surface area contributed by atoms with Crippen LogP contribution in [0.15, 0.2) is 72.8 Å². The van der Waals surface area contributed by atoms with Gasteiger partial charge in [0.25, 0.3) is 0 Å². The molecule has 0 saturated carbocycles. The summed E-state index contributed by atoms with van der Waals surface area (Å²) in [6.45, 7) is 0. The molecule has 0 radical (unpaired) electrons. The highest BCUT2D eigenvalue weighted by atomic mass is 19.1. The Hall–Kier alpha value is -3.94. The number of β-lactam (4-membered cyclic amide) rings is 1. The molecule has 42 heavy (non-hydrogen) atoms. The predicted octanol–water partition coefficient (Wildman–Crippen LogP) is 2.80. The lowest BCUT2D eigenvalue weighted by Crippen LogP contribution is -2.60. The van der Waals surface area contributed by atoms with Gasteiger partial charge in [0.2, 0.25) is 5.91 Å². The predicted molar refractivity (Wildman–Crippen MR) is 142 cm³/mol. The van der Waals surface area contributed by atoms with E-state index < -0.39 is 66.4 Å². The number of hydrogen-bond donors (Lipinski definition) is 5. The first-order valence-corrected chi connectivity index (χ1v) is 13.3. The first-order chi connectivity index (χ1) is 20.0. The maximum atomic E-state index is 13.7. The zero-order valence-corrected chi connectivity index (χ0v) is 22.0. The Morgan fingerprint density at radius 1 is 0.881 bits per heavy atom. The molecule has 0 bridgehead atoms. The average molecular weight is 586 g/mol. The quantitative estimate of drug-likeness (QED) is 0.238. The number of carbonyl (C=O) groups excluding carboxylic acids is 1. The number of carbonyl (C=O) groups is 2. The number of aromatic hydroxyl groups is 1. The summed E-state index contributed by atoms with van der Waals surface area (Å²) >= 11 is 0. The molecule has 2 saturated heterocycles. The van der Waals surface area contributed by atoms with Gasteiger partial charge in [0.1, 0.15) is 35.7 Å². The Morgan fingerprint density at radius 3 is 2.07 bits per heavy atom. The van der Waals surface area contributed by atoms with Gasteiger partial charge < -0.3 is 39.9 Å². The number of ether oxygens (including phenoxy) is 2. The van der Waals surface area contributed by atoms with Gasteiger partial charge in [0.05, 0.1) is 18.1 Å². The summed E-state index contributed by atoms with van der Waals surface area (Å²) < 4.78 is 38.5. The Kier molecular flexibility index (Phi) is 8.53. The first-order valence-electron chi connectivity index (χ1n) is 13.3. The van der Waals surface area contributed by atoms with Crippen molar-refractivity contribution in [3.8, 4) is 5.75 Å². The number of benzene rings is 3. The Bertz CT molecular complexity index is 1400. The third-order valence-electron chi connectivity index (χ3n) is 7.65. The van der Waals surface area contributed by atoms with Gasteiger partial charge in [-0.2, -0.15) is 0 Å². The maximum Gasteiger partial charge on any atom is 0.335 e. The molecule has 0 aromatic heterocycles. The van der Waals surface area contributed by atoms with Gasteiger partial charge in [-0.15, -0.1) is 0 Å². The van der Waals surface area contributed by atoms with Crippen molar-refractivity contribution in [3.63, 3.8) is 0 Å². The summed E-state index contributed by atoms with van der Waals surface area (Å²) in [4.78, 5) is 26.5. The van der Waals surface area contributed by atoms with E-state index in [1.54, 1.807) is 12.1 Å². The van der Waals surface area contributed by atoms with Gasteiger partial charge in [-0.25, -0.2) is 13.6 Å². The van der Waals surface area contributed by atoms with E-state index in [1.165, 1.54) is 65.6 Å². The molecule has 0 unspecified atom stereocenters. The molecule has 3 aromatic rings. The molecule has 0 aliphatic carbocycles. The van der Waals surface area contributed by atoms with Crippen molar-refractivity contribution in [1.82, 2.24) is 0 Å².